The number of carbonyl (C=O) groups excluding carboxylic acids is 2. The summed E-state index contributed by atoms with van der Waals surface area (Å²) in [5.41, 5.74) is 5.55. The number of thioether (sulfide) groups is 1. The average molecular weight is 581 g/mol. The Labute approximate surface area is 238 Å². The van der Waals surface area contributed by atoms with Crippen molar-refractivity contribution in [3.05, 3.63) is 79.9 Å². The highest BCUT2D eigenvalue weighted by atomic mass is 35.5. The molecule has 1 aliphatic rings. The molecule has 200 valence electrons. The summed E-state index contributed by atoms with van der Waals surface area (Å²) in [4.78, 5) is 44.4. The third-order valence-corrected chi connectivity index (χ3v) is 8.63. The molecule has 0 fully saturated rings. The number of fused-ring (bicyclic) bond motifs is 3. The van der Waals surface area contributed by atoms with Crippen molar-refractivity contribution < 1.29 is 14.3 Å². The fourth-order valence-corrected chi connectivity index (χ4v) is 6.64. The maximum atomic E-state index is 13.8. The fraction of sp³-hybridized carbons (Fsp3) is 0.250. The first-order chi connectivity index (χ1) is 18.8. The number of carbonyl (C=O) groups is 2. The molecule has 0 unspecified atom stereocenters. The normalized spacial score (nSPS) is 13.3. The number of esters is 1. The number of hydrogen-bond acceptors (Lipinski definition) is 8. The van der Waals surface area contributed by atoms with E-state index in [1.54, 1.807) is 71.4 Å². The molecule has 5 rings (SSSR count). The quantitative estimate of drug-likeness (QED) is 0.0769. The number of nitrogens with zero attached hydrogens (tertiary/aromatic N) is 3. The summed E-state index contributed by atoms with van der Waals surface area (Å²) < 4.78 is 6.61. The first-order valence-corrected chi connectivity index (χ1v) is 14.6. The molecular weight excluding hydrogens is 556 g/mol. The topological polar surface area (TPSA) is 103 Å². The predicted molar refractivity (Wildman–Crippen MR) is 156 cm³/mol. The van der Waals surface area contributed by atoms with Gasteiger partial charge < -0.3 is 4.74 Å². The number of rotatable bonds is 7. The summed E-state index contributed by atoms with van der Waals surface area (Å²) in [6.45, 7) is 3.10. The van der Waals surface area contributed by atoms with Gasteiger partial charge in [0.25, 0.3) is 11.5 Å². The molecule has 0 saturated carbocycles. The van der Waals surface area contributed by atoms with E-state index in [9.17, 15) is 14.4 Å². The van der Waals surface area contributed by atoms with Gasteiger partial charge >= 0.3 is 5.97 Å². The number of nitrogens with one attached hydrogen (secondary N) is 1. The molecule has 0 saturated heterocycles. The lowest BCUT2D eigenvalue weighted by molar-refractivity contribution is -0.131. The molecule has 2 aromatic carbocycles. The van der Waals surface area contributed by atoms with Crippen LogP contribution < -0.4 is 15.7 Å². The smallest absolute Gasteiger partial charge is 0.308 e. The van der Waals surface area contributed by atoms with Crippen molar-refractivity contribution in [3.63, 3.8) is 0 Å². The third kappa shape index (κ3) is 6.08. The number of hydrogen-bond donors (Lipinski definition) is 1. The largest absolute Gasteiger partial charge is 0.427 e. The minimum Gasteiger partial charge on any atom is -0.427 e. The molecule has 1 amide bonds. The highest BCUT2D eigenvalue weighted by Crippen LogP contribution is 2.35. The molecule has 1 aliphatic carbocycles. The van der Waals surface area contributed by atoms with Crippen LogP contribution in [0.25, 0.3) is 15.9 Å². The maximum absolute atomic E-state index is 13.8. The van der Waals surface area contributed by atoms with E-state index in [0.717, 1.165) is 36.8 Å². The van der Waals surface area contributed by atoms with Gasteiger partial charge in [-0.25, -0.2) is 10.4 Å². The van der Waals surface area contributed by atoms with E-state index in [1.165, 1.54) is 23.6 Å². The highest BCUT2D eigenvalue weighted by molar-refractivity contribution is 7.99. The number of aromatic nitrogens is 2. The Hall–Kier alpha value is -3.47. The van der Waals surface area contributed by atoms with Gasteiger partial charge in [-0.15, -0.1) is 11.3 Å². The van der Waals surface area contributed by atoms with Crippen molar-refractivity contribution in [2.45, 2.75) is 44.7 Å². The van der Waals surface area contributed by atoms with Gasteiger partial charge in [-0.3, -0.25) is 19.0 Å². The van der Waals surface area contributed by atoms with E-state index in [1.807, 2.05) is 0 Å². The van der Waals surface area contributed by atoms with Crippen LogP contribution in [-0.2, 0) is 22.4 Å². The second-order valence-electron chi connectivity index (χ2n) is 9.04. The van der Waals surface area contributed by atoms with Crippen LogP contribution in [0.3, 0.4) is 0 Å². The van der Waals surface area contributed by atoms with Gasteiger partial charge in [-0.2, -0.15) is 5.10 Å². The van der Waals surface area contributed by atoms with Gasteiger partial charge in [-0.1, -0.05) is 23.4 Å². The first kappa shape index (κ1) is 27.1. The molecule has 0 spiro atoms. The first-order valence-electron chi connectivity index (χ1n) is 12.4. The van der Waals surface area contributed by atoms with Crippen molar-refractivity contribution in [2.24, 2.45) is 5.10 Å². The zero-order chi connectivity index (χ0) is 27.5. The summed E-state index contributed by atoms with van der Waals surface area (Å²) in [7, 11) is 0. The Kier molecular flexibility index (Phi) is 8.15. The van der Waals surface area contributed by atoms with Crippen LogP contribution in [0.4, 0.5) is 0 Å². The Morgan fingerprint density at radius 2 is 1.82 bits per heavy atom. The van der Waals surface area contributed by atoms with Gasteiger partial charge in [0.15, 0.2) is 5.16 Å². The lowest BCUT2D eigenvalue weighted by Crippen LogP contribution is -2.24. The highest BCUT2D eigenvalue weighted by Gasteiger charge is 2.23. The molecule has 4 aromatic rings. The molecule has 0 radical (unpaired) electrons. The van der Waals surface area contributed by atoms with Crippen molar-refractivity contribution in [2.75, 3.05) is 5.75 Å². The molecule has 39 heavy (non-hydrogen) atoms. The van der Waals surface area contributed by atoms with Crippen LogP contribution in [0.1, 0.15) is 42.7 Å². The average Bonchev–Trinajstić information content (AvgIpc) is 3.30. The summed E-state index contributed by atoms with van der Waals surface area (Å²) in [5, 5.41) is 5.87. The standard InChI is InChI=1S/C28H25ClN4O4S2/c1-16(18-7-13-21(14-8-18)37-17(2)34)31-32-24(35)15-38-28-30-26-25(22-5-3-4-6-23(22)39-26)27(36)33(28)20-11-9-19(29)10-12-20/h7-14H,3-6,15H2,1-2H3,(H,32,35). The molecular formula is C28H25ClN4O4S2. The Balaban J connectivity index is 1.37. The zero-order valence-corrected chi connectivity index (χ0v) is 23.7. The van der Waals surface area contributed by atoms with Crippen LogP contribution in [0.5, 0.6) is 5.75 Å². The van der Waals surface area contributed by atoms with Crippen LogP contribution in [-0.4, -0.2) is 32.9 Å². The van der Waals surface area contributed by atoms with Gasteiger partial charge in [0, 0.05) is 16.8 Å². The van der Waals surface area contributed by atoms with E-state index in [0.29, 0.717) is 37.5 Å². The van der Waals surface area contributed by atoms with Gasteiger partial charge in [-0.05, 0) is 92.3 Å². The molecule has 2 aromatic heterocycles. The second-order valence-corrected chi connectivity index (χ2v) is 11.5. The van der Waals surface area contributed by atoms with Crippen LogP contribution in [0.15, 0.2) is 63.6 Å². The molecule has 0 bridgehead atoms. The lowest BCUT2D eigenvalue weighted by Gasteiger charge is -2.13. The number of ether oxygens (including phenoxy) is 1. The molecule has 0 aliphatic heterocycles. The summed E-state index contributed by atoms with van der Waals surface area (Å²) in [5.74, 6) is -0.286. The maximum Gasteiger partial charge on any atom is 0.308 e. The molecule has 11 heteroatoms. The summed E-state index contributed by atoms with van der Waals surface area (Å²) in [6, 6.07) is 13.8. The van der Waals surface area contributed by atoms with Crippen molar-refractivity contribution >= 4 is 62.5 Å². The zero-order valence-electron chi connectivity index (χ0n) is 21.3. The van der Waals surface area contributed by atoms with Crippen molar-refractivity contribution in [1.29, 1.82) is 0 Å². The molecule has 8 nitrogen and oxygen atoms in total. The van der Waals surface area contributed by atoms with Gasteiger partial charge in [0.05, 0.1) is 22.5 Å². The Bertz CT molecular complexity index is 1640. The van der Waals surface area contributed by atoms with E-state index >= 15 is 0 Å². The van der Waals surface area contributed by atoms with Crippen LogP contribution >= 0.6 is 34.7 Å². The van der Waals surface area contributed by atoms with Crippen LogP contribution in [0, 0.1) is 0 Å². The van der Waals surface area contributed by atoms with E-state index < -0.39 is 5.97 Å². The minimum atomic E-state index is -0.397. The monoisotopic (exact) mass is 580 g/mol. The minimum absolute atomic E-state index is 0.0127. The molecule has 1 N–H and O–H groups in total. The summed E-state index contributed by atoms with van der Waals surface area (Å²) in [6.07, 6.45) is 4.02. The van der Waals surface area contributed by atoms with Gasteiger partial charge in [0.2, 0.25) is 0 Å². The number of thiophene rings is 1. The molecule has 0 atom stereocenters. The second kappa shape index (κ2) is 11.7. The summed E-state index contributed by atoms with van der Waals surface area (Å²) >= 11 is 8.85. The SMILES string of the molecule is CC(=O)Oc1ccc(C(C)=NNC(=O)CSc2nc3sc4c(c3c(=O)n2-c2ccc(Cl)cc2)CCCC4)cc1. The number of halogens is 1. The number of aryl methyl sites for hydroxylation is 2. The third-order valence-electron chi connectivity index (χ3n) is 6.26. The predicted octanol–water partition coefficient (Wildman–Crippen LogP) is 5.54. The van der Waals surface area contributed by atoms with E-state index in [-0.39, 0.29) is 17.2 Å². The fourth-order valence-electron chi connectivity index (χ4n) is 4.40. The number of amides is 1. The number of benzene rings is 2. The van der Waals surface area contributed by atoms with Gasteiger partial charge in [0.1, 0.15) is 10.6 Å². The number of hydrazone groups is 1. The molecule has 2 heterocycles. The van der Waals surface area contributed by atoms with E-state index in [4.69, 9.17) is 21.3 Å². The van der Waals surface area contributed by atoms with Crippen molar-refractivity contribution in [1.82, 2.24) is 15.0 Å². The lowest BCUT2D eigenvalue weighted by atomic mass is 9.97. The Morgan fingerprint density at radius 3 is 2.54 bits per heavy atom. The van der Waals surface area contributed by atoms with Crippen molar-refractivity contribution in [3.8, 4) is 11.4 Å². The van der Waals surface area contributed by atoms with E-state index in [2.05, 4.69) is 10.5 Å². The van der Waals surface area contributed by atoms with Crippen LogP contribution in [0.2, 0.25) is 5.02 Å². The Morgan fingerprint density at radius 1 is 1.10 bits per heavy atom.